The Morgan fingerprint density at radius 1 is 1.40 bits per heavy atom. The largest absolute Gasteiger partial charge is 0.416 e. The number of nitrogens with one attached hydrogen (secondary N) is 1. The van der Waals surface area contributed by atoms with E-state index >= 15 is 0 Å². The average molecular weight is 308 g/mol. The minimum Gasteiger partial charge on any atom is -0.396 e. The zero-order valence-corrected chi connectivity index (χ0v) is 11.1. The molecule has 0 bridgehead atoms. The van der Waals surface area contributed by atoms with Crippen molar-refractivity contribution in [1.29, 1.82) is 0 Å². The van der Waals surface area contributed by atoms with Crippen LogP contribution in [-0.2, 0) is 11.0 Å². The number of halogens is 4. The van der Waals surface area contributed by atoms with Crippen LogP contribution < -0.4 is 5.32 Å². The van der Waals surface area contributed by atoms with Crippen molar-refractivity contribution in [2.75, 3.05) is 13.2 Å². The van der Waals surface area contributed by atoms with Crippen molar-refractivity contribution >= 4 is 23.6 Å². The Hall–Kier alpha value is -1.53. The predicted molar refractivity (Wildman–Crippen MR) is 70.2 cm³/mol. The van der Waals surface area contributed by atoms with E-state index in [-0.39, 0.29) is 23.7 Å². The van der Waals surface area contributed by atoms with Gasteiger partial charge in [-0.1, -0.05) is 11.6 Å². The Morgan fingerprint density at radius 3 is 2.70 bits per heavy atom. The van der Waals surface area contributed by atoms with Gasteiger partial charge < -0.3 is 10.4 Å². The van der Waals surface area contributed by atoms with Gasteiger partial charge in [0.1, 0.15) is 0 Å². The van der Waals surface area contributed by atoms with Crippen molar-refractivity contribution < 1.29 is 23.1 Å². The highest BCUT2D eigenvalue weighted by molar-refractivity contribution is 6.32. The number of hydrogen-bond acceptors (Lipinski definition) is 2. The van der Waals surface area contributed by atoms with E-state index in [0.717, 1.165) is 24.3 Å². The molecule has 0 atom stereocenters. The second kappa shape index (κ2) is 7.31. The minimum absolute atomic E-state index is 0.0521. The lowest BCUT2D eigenvalue weighted by molar-refractivity contribution is -0.137. The summed E-state index contributed by atoms with van der Waals surface area (Å²) in [6, 6.07) is 2.88. The molecule has 0 spiro atoms. The lowest BCUT2D eigenvalue weighted by Gasteiger charge is -2.08. The average Bonchev–Trinajstić information content (AvgIpc) is 2.36. The number of aliphatic hydroxyl groups excluding tert-OH is 1. The third-order valence-corrected chi connectivity index (χ3v) is 2.72. The highest BCUT2D eigenvalue weighted by Gasteiger charge is 2.30. The summed E-state index contributed by atoms with van der Waals surface area (Å²) < 4.78 is 37.6. The molecule has 1 amide bonds. The van der Waals surface area contributed by atoms with Crippen molar-refractivity contribution in [2.45, 2.75) is 12.6 Å². The molecule has 7 heteroatoms. The van der Waals surface area contributed by atoms with Crippen molar-refractivity contribution in [3.63, 3.8) is 0 Å². The highest BCUT2D eigenvalue weighted by atomic mass is 35.5. The molecule has 0 unspecified atom stereocenters. The van der Waals surface area contributed by atoms with Gasteiger partial charge in [-0.25, -0.2) is 0 Å². The van der Waals surface area contributed by atoms with Crippen molar-refractivity contribution in [3.05, 3.63) is 40.4 Å². The lowest BCUT2D eigenvalue weighted by atomic mass is 10.1. The number of alkyl halides is 3. The van der Waals surface area contributed by atoms with Crippen LogP contribution in [0.3, 0.4) is 0 Å². The number of carbonyl (C=O) groups is 1. The first-order chi connectivity index (χ1) is 9.34. The van der Waals surface area contributed by atoms with Crippen molar-refractivity contribution in [1.82, 2.24) is 5.32 Å². The fourth-order valence-corrected chi connectivity index (χ4v) is 1.54. The van der Waals surface area contributed by atoms with Crippen LogP contribution in [0.4, 0.5) is 13.2 Å². The maximum atomic E-state index is 12.5. The summed E-state index contributed by atoms with van der Waals surface area (Å²) in [4.78, 5) is 11.3. The lowest BCUT2D eigenvalue weighted by Crippen LogP contribution is -2.22. The van der Waals surface area contributed by atoms with Crippen molar-refractivity contribution in [3.8, 4) is 0 Å². The van der Waals surface area contributed by atoms with Crippen LogP contribution in [0.5, 0.6) is 0 Å². The summed E-state index contributed by atoms with van der Waals surface area (Å²) in [5, 5.41) is 11.1. The van der Waals surface area contributed by atoms with Gasteiger partial charge in [0.2, 0.25) is 5.91 Å². The normalized spacial score (nSPS) is 11.8. The number of amides is 1. The van der Waals surface area contributed by atoms with Gasteiger partial charge >= 0.3 is 6.18 Å². The third kappa shape index (κ3) is 5.22. The monoisotopic (exact) mass is 307 g/mol. The van der Waals surface area contributed by atoms with Gasteiger partial charge in [-0.05, 0) is 36.3 Å². The molecule has 1 rings (SSSR count). The maximum Gasteiger partial charge on any atom is 0.416 e. The molecule has 0 aliphatic heterocycles. The number of aliphatic hydroxyl groups is 1. The number of carbonyl (C=O) groups excluding carboxylic acids is 1. The van der Waals surface area contributed by atoms with Crippen LogP contribution >= 0.6 is 11.6 Å². The van der Waals surface area contributed by atoms with Crippen LogP contribution in [0.2, 0.25) is 5.02 Å². The van der Waals surface area contributed by atoms with Crippen LogP contribution in [0.1, 0.15) is 17.5 Å². The van der Waals surface area contributed by atoms with Crippen molar-refractivity contribution in [2.24, 2.45) is 0 Å². The number of hydrogen-bond donors (Lipinski definition) is 2. The molecule has 3 nitrogen and oxygen atoms in total. The summed E-state index contributed by atoms with van der Waals surface area (Å²) in [6.07, 6.45) is -1.74. The fraction of sp³-hybridized carbons (Fsp3) is 0.308. The smallest absolute Gasteiger partial charge is 0.396 e. The first-order valence-electron chi connectivity index (χ1n) is 5.78. The predicted octanol–water partition coefficient (Wildman–Crippen LogP) is 2.87. The standard InChI is InChI=1S/C13H13ClF3NO2/c14-11-4-3-10(13(15,16)17)8-9(11)2-5-12(20)18-6-1-7-19/h2-5,8,19H,1,6-7H2,(H,18,20)/b5-2+. The maximum absolute atomic E-state index is 12.5. The van der Waals surface area contributed by atoms with Gasteiger partial charge in [-0.3, -0.25) is 4.79 Å². The fourth-order valence-electron chi connectivity index (χ4n) is 1.36. The van der Waals surface area contributed by atoms with Gasteiger partial charge in [0.05, 0.1) is 5.56 Å². The van der Waals surface area contributed by atoms with E-state index in [1.165, 1.54) is 6.08 Å². The van der Waals surface area contributed by atoms with E-state index in [4.69, 9.17) is 16.7 Å². The van der Waals surface area contributed by atoms with Gasteiger partial charge in [0, 0.05) is 24.3 Å². The molecule has 0 saturated carbocycles. The number of benzene rings is 1. The molecule has 0 aromatic heterocycles. The molecule has 0 aliphatic carbocycles. The van der Waals surface area contributed by atoms with E-state index in [1.54, 1.807) is 0 Å². The van der Waals surface area contributed by atoms with Crippen LogP contribution in [0.25, 0.3) is 6.08 Å². The van der Waals surface area contributed by atoms with E-state index in [1.807, 2.05) is 0 Å². The van der Waals surface area contributed by atoms with Gasteiger partial charge in [0.25, 0.3) is 0 Å². The quantitative estimate of drug-likeness (QED) is 0.649. The summed E-state index contributed by atoms with van der Waals surface area (Å²) in [6.45, 7) is 0.236. The summed E-state index contributed by atoms with van der Waals surface area (Å²) in [5.74, 6) is -0.466. The van der Waals surface area contributed by atoms with E-state index < -0.39 is 17.6 Å². The summed E-state index contributed by atoms with van der Waals surface area (Å²) >= 11 is 5.77. The van der Waals surface area contributed by atoms with E-state index in [2.05, 4.69) is 5.32 Å². The first-order valence-corrected chi connectivity index (χ1v) is 6.16. The molecule has 0 fully saturated rings. The zero-order chi connectivity index (χ0) is 15.2. The molecule has 0 saturated heterocycles. The van der Waals surface area contributed by atoms with E-state index in [0.29, 0.717) is 6.42 Å². The molecule has 110 valence electrons. The Morgan fingerprint density at radius 2 is 2.10 bits per heavy atom. The molecule has 0 radical (unpaired) electrons. The molecule has 1 aromatic carbocycles. The Kier molecular flexibility index (Phi) is 6.04. The Balaban J connectivity index is 2.78. The topological polar surface area (TPSA) is 49.3 Å². The first kappa shape index (κ1) is 16.5. The van der Waals surface area contributed by atoms with E-state index in [9.17, 15) is 18.0 Å². The molecule has 2 N–H and O–H groups in total. The molecule has 20 heavy (non-hydrogen) atoms. The summed E-state index contributed by atoms with van der Waals surface area (Å²) in [5.41, 5.74) is -0.721. The zero-order valence-electron chi connectivity index (χ0n) is 10.4. The van der Waals surface area contributed by atoms with Gasteiger partial charge in [-0.2, -0.15) is 13.2 Å². The Bertz CT molecular complexity index is 501. The van der Waals surface area contributed by atoms with Crippen LogP contribution in [0.15, 0.2) is 24.3 Å². The number of rotatable bonds is 5. The van der Waals surface area contributed by atoms with Gasteiger partial charge in [0.15, 0.2) is 0 Å². The second-order valence-electron chi connectivity index (χ2n) is 3.94. The molecular formula is C13H13ClF3NO2. The SMILES string of the molecule is O=C(/C=C/c1cc(C(F)(F)F)ccc1Cl)NCCCO. The minimum atomic E-state index is -4.46. The molecular weight excluding hydrogens is 295 g/mol. The van der Waals surface area contributed by atoms with Crippen LogP contribution in [0, 0.1) is 0 Å². The van der Waals surface area contributed by atoms with Gasteiger partial charge in [-0.15, -0.1) is 0 Å². The molecule has 0 aliphatic rings. The Labute approximate surface area is 119 Å². The third-order valence-electron chi connectivity index (χ3n) is 2.37. The molecule has 1 aromatic rings. The second-order valence-corrected chi connectivity index (χ2v) is 4.34. The van der Waals surface area contributed by atoms with Crippen LogP contribution in [-0.4, -0.2) is 24.2 Å². The molecule has 0 heterocycles. The highest BCUT2D eigenvalue weighted by Crippen LogP contribution is 2.32. The summed E-state index contributed by atoms with van der Waals surface area (Å²) in [7, 11) is 0.